The van der Waals surface area contributed by atoms with E-state index in [1.807, 2.05) is 13.0 Å². The van der Waals surface area contributed by atoms with Gasteiger partial charge in [0.15, 0.2) is 0 Å². The fraction of sp³-hybridized carbons (Fsp3) is 0.643. The number of nitrogens with zero attached hydrogens (tertiary/aromatic N) is 2. The van der Waals surface area contributed by atoms with Crippen molar-refractivity contribution in [2.24, 2.45) is 5.73 Å². The Morgan fingerprint density at radius 1 is 1.47 bits per heavy atom. The van der Waals surface area contributed by atoms with Gasteiger partial charge in [-0.2, -0.15) is 0 Å². The Hall–Kier alpha value is -0.840. The fourth-order valence-corrected chi connectivity index (χ4v) is 2.72. The van der Waals surface area contributed by atoms with Crippen LogP contribution in [0.4, 0.5) is 0 Å². The van der Waals surface area contributed by atoms with Crippen molar-refractivity contribution < 1.29 is 5.11 Å². The lowest BCUT2D eigenvalue weighted by Crippen LogP contribution is -2.48. The van der Waals surface area contributed by atoms with E-state index in [2.05, 4.69) is 16.8 Å². The van der Waals surface area contributed by atoms with Crippen LogP contribution in [0, 0.1) is 6.92 Å². The van der Waals surface area contributed by atoms with Gasteiger partial charge in [-0.15, -0.1) is 12.4 Å². The van der Waals surface area contributed by atoms with E-state index in [0.717, 1.165) is 24.4 Å². The highest BCUT2D eigenvalue weighted by Crippen LogP contribution is 2.24. The second-order valence-electron chi connectivity index (χ2n) is 5.31. The van der Waals surface area contributed by atoms with Crippen molar-refractivity contribution in [1.82, 2.24) is 9.88 Å². The molecule has 1 aromatic rings. The molecule has 0 saturated carbocycles. The van der Waals surface area contributed by atoms with Gasteiger partial charge in [0.2, 0.25) is 0 Å². The Morgan fingerprint density at radius 2 is 2.21 bits per heavy atom. The second kappa shape index (κ2) is 7.08. The zero-order valence-corrected chi connectivity index (χ0v) is 12.5. The molecule has 1 fully saturated rings. The molecule has 19 heavy (non-hydrogen) atoms. The maximum absolute atomic E-state index is 9.87. The van der Waals surface area contributed by atoms with E-state index in [0.29, 0.717) is 12.6 Å². The smallest absolute Gasteiger partial charge is 0.138 e. The lowest BCUT2D eigenvalue weighted by atomic mass is 9.96. The number of aromatic nitrogens is 1. The minimum atomic E-state index is 0. The summed E-state index contributed by atoms with van der Waals surface area (Å²) >= 11 is 0. The fourth-order valence-electron chi connectivity index (χ4n) is 2.72. The molecule has 2 unspecified atom stereocenters. The highest BCUT2D eigenvalue weighted by Gasteiger charge is 2.26. The molecular weight excluding hydrogens is 262 g/mol. The van der Waals surface area contributed by atoms with Crippen LogP contribution in [-0.4, -0.2) is 33.6 Å². The summed E-state index contributed by atoms with van der Waals surface area (Å²) in [7, 11) is 0. The van der Waals surface area contributed by atoms with E-state index >= 15 is 0 Å². The number of nitrogens with two attached hydrogens (primary N) is 1. The van der Waals surface area contributed by atoms with Gasteiger partial charge in [0, 0.05) is 24.3 Å². The quantitative estimate of drug-likeness (QED) is 0.894. The van der Waals surface area contributed by atoms with Gasteiger partial charge in [-0.25, -0.2) is 0 Å². The van der Waals surface area contributed by atoms with Gasteiger partial charge >= 0.3 is 0 Å². The maximum atomic E-state index is 9.87. The van der Waals surface area contributed by atoms with Gasteiger partial charge < -0.3 is 10.8 Å². The van der Waals surface area contributed by atoms with E-state index in [1.165, 1.54) is 12.8 Å². The van der Waals surface area contributed by atoms with Gasteiger partial charge in [0.1, 0.15) is 5.75 Å². The number of piperidine rings is 1. The minimum Gasteiger partial charge on any atom is -0.506 e. The van der Waals surface area contributed by atoms with Crippen molar-refractivity contribution in [1.29, 1.82) is 0 Å². The first-order valence-electron chi connectivity index (χ1n) is 6.73. The standard InChI is InChI=1S/C14H23N3O.ClH/c1-10-6-7-14(18)12(16-10)9-17-8-4-3-5-13(17)11(2)15;/h6-7,11,13,18H,3-5,8-9,15H2,1-2H3;1H. The van der Waals surface area contributed by atoms with E-state index in [9.17, 15) is 5.11 Å². The second-order valence-corrected chi connectivity index (χ2v) is 5.31. The van der Waals surface area contributed by atoms with Gasteiger partial charge in [-0.05, 0) is 45.4 Å². The van der Waals surface area contributed by atoms with Crippen LogP contribution in [0.15, 0.2) is 12.1 Å². The number of rotatable bonds is 3. The lowest BCUT2D eigenvalue weighted by Gasteiger charge is -2.37. The topological polar surface area (TPSA) is 62.4 Å². The van der Waals surface area contributed by atoms with Crippen molar-refractivity contribution in [2.75, 3.05) is 6.54 Å². The summed E-state index contributed by atoms with van der Waals surface area (Å²) in [5.41, 5.74) is 7.76. The average Bonchev–Trinajstić information content (AvgIpc) is 2.34. The number of pyridine rings is 1. The Morgan fingerprint density at radius 3 is 2.89 bits per heavy atom. The Bertz CT molecular complexity index is 412. The molecular formula is C14H24ClN3O. The SMILES string of the molecule is Cc1ccc(O)c(CN2CCCCC2C(C)N)n1.Cl. The molecule has 0 aromatic carbocycles. The van der Waals surface area contributed by atoms with Crippen LogP contribution < -0.4 is 5.73 Å². The molecule has 1 aliphatic rings. The Labute approximate surface area is 121 Å². The molecule has 0 amide bonds. The largest absolute Gasteiger partial charge is 0.506 e. The first-order chi connectivity index (χ1) is 8.58. The normalized spacial score (nSPS) is 21.7. The van der Waals surface area contributed by atoms with E-state index < -0.39 is 0 Å². The third kappa shape index (κ3) is 4.06. The number of halogens is 1. The average molecular weight is 286 g/mol. The highest BCUT2D eigenvalue weighted by molar-refractivity contribution is 5.85. The number of hydrogen-bond donors (Lipinski definition) is 2. The number of aryl methyl sites for hydroxylation is 1. The number of hydrogen-bond acceptors (Lipinski definition) is 4. The molecule has 2 atom stereocenters. The lowest BCUT2D eigenvalue weighted by molar-refractivity contribution is 0.120. The molecule has 2 rings (SSSR count). The molecule has 0 bridgehead atoms. The highest BCUT2D eigenvalue weighted by atomic mass is 35.5. The number of likely N-dealkylation sites (tertiary alicyclic amines) is 1. The molecule has 0 radical (unpaired) electrons. The first kappa shape index (κ1) is 16.2. The Balaban J connectivity index is 0.00000180. The number of aromatic hydroxyl groups is 1. The van der Waals surface area contributed by atoms with Crippen LogP contribution in [0.25, 0.3) is 0 Å². The summed E-state index contributed by atoms with van der Waals surface area (Å²) in [6, 6.07) is 4.12. The third-order valence-corrected chi connectivity index (χ3v) is 3.71. The van der Waals surface area contributed by atoms with Crippen LogP contribution in [-0.2, 0) is 6.54 Å². The molecule has 1 aromatic heterocycles. The molecule has 108 valence electrons. The Kier molecular flexibility index (Phi) is 6.04. The van der Waals surface area contributed by atoms with Gasteiger partial charge in [-0.1, -0.05) is 6.42 Å². The van der Waals surface area contributed by atoms with Gasteiger partial charge in [0.25, 0.3) is 0 Å². The summed E-state index contributed by atoms with van der Waals surface area (Å²) in [6.45, 7) is 5.75. The molecule has 3 N–H and O–H groups in total. The van der Waals surface area contributed by atoms with Gasteiger partial charge in [0.05, 0.1) is 5.69 Å². The molecule has 1 saturated heterocycles. The monoisotopic (exact) mass is 285 g/mol. The zero-order chi connectivity index (χ0) is 13.1. The van der Waals surface area contributed by atoms with Crippen molar-refractivity contribution in [3.63, 3.8) is 0 Å². The van der Waals surface area contributed by atoms with Crippen LogP contribution >= 0.6 is 12.4 Å². The summed E-state index contributed by atoms with van der Waals surface area (Å²) in [4.78, 5) is 6.78. The predicted octanol–water partition coefficient (Wildman–Crippen LogP) is 2.22. The maximum Gasteiger partial charge on any atom is 0.138 e. The first-order valence-corrected chi connectivity index (χ1v) is 6.73. The summed E-state index contributed by atoms with van der Waals surface area (Å²) in [6.07, 6.45) is 3.59. The predicted molar refractivity (Wildman–Crippen MR) is 79.6 cm³/mol. The summed E-state index contributed by atoms with van der Waals surface area (Å²) in [5.74, 6) is 0.287. The van der Waals surface area contributed by atoms with Crippen molar-refractivity contribution in [3.05, 3.63) is 23.5 Å². The van der Waals surface area contributed by atoms with Crippen molar-refractivity contribution in [3.8, 4) is 5.75 Å². The van der Waals surface area contributed by atoms with Crippen molar-refractivity contribution in [2.45, 2.75) is 51.7 Å². The molecule has 4 nitrogen and oxygen atoms in total. The molecule has 0 aliphatic carbocycles. The van der Waals surface area contributed by atoms with Crippen LogP contribution in [0.5, 0.6) is 5.75 Å². The van der Waals surface area contributed by atoms with Crippen molar-refractivity contribution >= 4 is 12.4 Å². The molecule has 1 aliphatic heterocycles. The minimum absolute atomic E-state index is 0. The third-order valence-electron chi connectivity index (χ3n) is 3.71. The summed E-state index contributed by atoms with van der Waals surface area (Å²) < 4.78 is 0. The molecule has 0 spiro atoms. The van der Waals surface area contributed by atoms with Crippen LogP contribution in [0.1, 0.15) is 37.6 Å². The van der Waals surface area contributed by atoms with E-state index in [1.54, 1.807) is 6.07 Å². The van der Waals surface area contributed by atoms with E-state index in [4.69, 9.17) is 5.73 Å². The van der Waals surface area contributed by atoms with Gasteiger partial charge in [-0.3, -0.25) is 9.88 Å². The van der Waals surface area contributed by atoms with Crippen LogP contribution in [0.2, 0.25) is 0 Å². The van der Waals surface area contributed by atoms with E-state index in [-0.39, 0.29) is 24.2 Å². The molecule has 2 heterocycles. The molecule has 5 heteroatoms. The summed E-state index contributed by atoms with van der Waals surface area (Å²) in [5, 5.41) is 9.87. The zero-order valence-electron chi connectivity index (χ0n) is 11.7. The van der Waals surface area contributed by atoms with Crippen LogP contribution in [0.3, 0.4) is 0 Å².